The number of rotatable bonds is 2. The van der Waals surface area contributed by atoms with Crippen molar-refractivity contribution in [3.63, 3.8) is 0 Å². The Morgan fingerprint density at radius 1 is 1.03 bits per heavy atom. The number of fused-ring (bicyclic) bond motifs is 4. The van der Waals surface area contributed by atoms with Crippen LogP contribution in [0.5, 0.6) is 5.75 Å². The van der Waals surface area contributed by atoms with Crippen molar-refractivity contribution >= 4 is 11.6 Å². The summed E-state index contributed by atoms with van der Waals surface area (Å²) >= 11 is 0. The molecule has 4 aliphatic rings. The molecule has 0 N–H and O–H groups in total. The summed E-state index contributed by atoms with van der Waals surface area (Å²) in [6.45, 7) is 2.58. The van der Waals surface area contributed by atoms with Gasteiger partial charge < -0.3 is 9.47 Å². The molecule has 1 saturated carbocycles. The summed E-state index contributed by atoms with van der Waals surface area (Å²) in [6.07, 6.45) is 6.62. The van der Waals surface area contributed by atoms with Crippen molar-refractivity contribution in [1.29, 1.82) is 0 Å². The van der Waals surface area contributed by atoms with E-state index in [0.29, 0.717) is 37.1 Å². The second-order valence-electron chi connectivity index (χ2n) is 9.16. The van der Waals surface area contributed by atoms with E-state index < -0.39 is 5.41 Å². The zero-order valence-electron chi connectivity index (χ0n) is 17.2. The van der Waals surface area contributed by atoms with Gasteiger partial charge in [0.15, 0.2) is 5.78 Å². The van der Waals surface area contributed by atoms with Crippen LogP contribution in [0.25, 0.3) is 0 Å². The third kappa shape index (κ3) is 2.92. The third-order valence-corrected chi connectivity index (χ3v) is 7.69. The fraction of sp³-hybridized carbons (Fsp3) is 0.520. The molecule has 3 aliphatic carbocycles. The molecule has 0 radical (unpaired) electrons. The zero-order valence-corrected chi connectivity index (χ0v) is 17.2. The highest BCUT2D eigenvalue weighted by Crippen LogP contribution is 2.57. The molecule has 5 rings (SSSR count). The van der Waals surface area contributed by atoms with E-state index in [1.165, 1.54) is 16.7 Å². The van der Waals surface area contributed by atoms with E-state index in [1.54, 1.807) is 7.11 Å². The number of benzene rings is 1. The fourth-order valence-electron chi connectivity index (χ4n) is 6.11. The lowest BCUT2D eigenvalue weighted by Crippen LogP contribution is -2.36. The van der Waals surface area contributed by atoms with E-state index in [9.17, 15) is 9.59 Å². The van der Waals surface area contributed by atoms with Gasteiger partial charge in [0.1, 0.15) is 17.6 Å². The molecule has 4 atom stereocenters. The van der Waals surface area contributed by atoms with Gasteiger partial charge >= 0.3 is 0 Å². The number of Topliss-reactive ketones (excluding diaryl/α,β-unsaturated/α-hetero) is 1. The Labute approximate surface area is 172 Å². The maximum absolute atomic E-state index is 12.8. The topological polar surface area (TPSA) is 52.6 Å². The molecular weight excluding hydrogens is 364 g/mol. The van der Waals surface area contributed by atoms with Crippen molar-refractivity contribution in [1.82, 2.24) is 0 Å². The van der Waals surface area contributed by atoms with Crippen LogP contribution in [-0.4, -0.2) is 25.3 Å². The molecule has 4 nitrogen and oxygen atoms in total. The molecule has 4 heteroatoms. The van der Waals surface area contributed by atoms with Gasteiger partial charge in [0.2, 0.25) is 0 Å². The minimum atomic E-state index is -0.399. The van der Waals surface area contributed by atoms with Crippen LogP contribution < -0.4 is 4.74 Å². The molecule has 1 aromatic carbocycles. The smallest absolute Gasteiger partial charge is 0.156 e. The highest BCUT2D eigenvalue weighted by atomic mass is 16.5. The predicted molar refractivity (Wildman–Crippen MR) is 110 cm³/mol. The number of methoxy groups -OCH3 is 1. The minimum Gasteiger partial charge on any atom is -0.497 e. The van der Waals surface area contributed by atoms with Gasteiger partial charge in [-0.1, -0.05) is 19.1 Å². The summed E-state index contributed by atoms with van der Waals surface area (Å²) in [7, 11) is 1.67. The van der Waals surface area contributed by atoms with E-state index in [4.69, 9.17) is 9.47 Å². The molecule has 1 aliphatic heterocycles. The van der Waals surface area contributed by atoms with Gasteiger partial charge in [-0.2, -0.15) is 0 Å². The molecule has 0 bridgehead atoms. The van der Waals surface area contributed by atoms with E-state index in [-0.39, 0.29) is 11.9 Å². The number of allylic oxidation sites excluding steroid dienone is 3. The number of ketones is 2. The van der Waals surface area contributed by atoms with Crippen molar-refractivity contribution in [2.45, 2.75) is 51.6 Å². The quantitative estimate of drug-likeness (QED) is 0.729. The summed E-state index contributed by atoms with van der Waals surface area (Å²) in [5, 5.41) is 0. The van der Waals surface area contributed by atoms with Gasteiger partial charge in [0.25, 0.3) is 0 Å². The normalized spacial score (nSPS) is 34.1. The first-order chi connectivity index (χ1) is 14.0. The first-order valence-electron chi connectivity index (χ1n) is 10.8. The third-order valence-electron chi connectivity index (χ3n) is 7.69. The molecule has 2 unspecified atom stereocenters. The Morgan fingerprint density at radius 2 is 1.83 bits per heavy atom. The molecule has 0 aromatic heterocycles. The highest BCUT2D eigenvalue weighted by molar-refractivity contribution is 5.93. The molecule has 1 heterocycles. The molecular formula is C25H28O4. The number of hydrogen-bond acceptors (Lipinski definition) is 4. The van der Waals surface area contributed by atoms with Crippen molar-refractivity contribution in [3.05, 3.63) is 52.6 Å². The van der Waals surface area contributed by atoms with Crippen LogP contribution in [0.15, 0.2) is 47.1 Å². The second kappa shape index (κ2) is 6.94. The maximum atomic E-state index is 12.8. The van der Waals surface area contributed by atoms with Crippen molar-refractivity contribution in [2.24, 2.45) is 17.3 Å². The number of ether oxygens (including phenoxy) is 2. The van der Waals surface area contributed by atoms with E-state index in [1.807, 2.05) is 18.2 Å². The van der Waals surface area contributed by atoms with Crippen LogP contribution in [-0.2, 0) is 14.3 Å². The Morgan fingerprint density at radius 3 is 2.59 bits per heavy atom. The van der Waals surface area contributed by atoms with Gasteiger partial charge in [-0.25, -0.2) is 0 Å². The average molecular weight is 392 g/mol. The number of carbonyl (C=O) groups is 2. The SMILES string of the molecule is COc1ccc([C@H]2OC[C@]3(C)C(=O)CCC3C3CCC4=CC(=O)CCC4=C32)cc1. The monoisotopic (exact) mass is 392 g/mol. The first kappa shape index (κ1) is 18.8. The largest absolute Gasteiger partial charge is 0.497 e. The predicted octanol–water partition coefficient (Wildman–Crippen LogP) is 4.75. The van der Waals surface area contributed by atoms with Crippen molar-refractivity contribution in [2.75, 3.05) is 13.7 Å². The lowest BCUT2D eigenvalue weighted by molar-refractivity contribution is -0.130. The number of hydrogen-bond donors (Lipinski definition) is 0. The van der Waals surface area contributed by atoms with Gasteiger partial charge in [-0.3, -0.25) is 9.59 Å². The zero-order chi connectivity index (χ0) is 20.2. The molecule has 1 saturated heterocycles. The summed E-state index contributed by atoms with van der Waals surface area (Å²) in [6, 6.07) is 8.10. The standard InChI is InChI=1S/C25H28O4/c1-25-14-29-24(15-3-7-18(28-2)8-4-15)23-19-10-6-17(26)13-16(19)5-9-20(23)21(25)11-12-22(25)27/h3-4,7-8,13,20-21,24H,5-6,9-12,14H2,1-2H3/t20?,21?,24-,25+/m1/s1. The average Bonchev–Trinajstić information content (AvgIpc) is 2.95. The Hall–Kier alpha value is -2.20. The van der Waals surface area contributed by atoms with Crippen LogP contribution in [0.2, 0.25) is 0 Å². The molecule has 1 aromatic rings. The van der Waals surface area contributed by atoms with E-state index in [0.717, 1.165) is 37.0 Å². The number of carbonyl (C=O) groups excluding carboxylic acids is 2. The van der Waals surface area contributed by atoms with Crippen molar-refractivity contribution < 1.29 is 19.1 Å². The molecule has 2 fully saturated rings. The van der Waals surface area contributed by atoms with Crippen LogP contribution in [0.1, 0.15) is 57.1 Å². The summed E-state index contributed by atoms with van der Waals surface area (Å²) < 4.78 is 11.9. The summed E-state index contributed by atoms with van der Waals surface area (Å²) in [5.41, 5.74) is 4.56. The fourth-order valence-corrected chi connectivity index (χ4v) is 6.11. The highest BCUT2D eigenvalue weighted by Gasteiger charge is 2.54. The van der Waals surface area contributed by atoms with Crippen molar-refractivity contribution in [3.8, 4) is 5.75 Å². The first-order valence-corrected chi connectivity index (χ1v) is 10.8. The minimum absolute atomic E-state index is 0.159. The molecule has 29 heavy (non-hydrogen) atoms. The Bertz CT molecular complexity index is 923. The molecule has 152 valence electrons. The van der Waals surface area contributed by atoms with Crippen LogP contribution >= 0.6 is 0 Å². The summed E-state index contributed by atoms with van der Waals surface area (Å²) in [5.74, 6) is 2.09. The second-order valence-corrected chi connectivity index (χ2v) is 9.16. The summed E-state index contributed by atoms with van der Waals surface area (Å²) in [4.78, 5) is 24.9. The molecule has 0 spiro atoms. The Kier molecular flexibility index (Phi) is 4.50. The Balaban J connectivity index is 1.66. The van der Waals surface area contributed by atoms with E-state index >= 15 is 0 Å². The van der Waals surface area contributed by atoms with Gasteiger partial charge in [-0.05, 0) is 78.0 Å². The maximum Gasteiger partial charge on any atom is 0.156 e. The van der Waals surface area contributed by atoms with Crippen LogP contribution in [0.4, 0.5) is 0 Å². The lowest BCUT2D eigenvalue weighted by Gasteiger charge is -2.39. The van der Waals surface area contributed by atoms with Gasteiger partial charge in [0.05, 0.1) is 19.1 Å². The van der Waals surface area contributed by atoms with E-state index in [2.05, 4.69) is 19.1 Å². The van der Waals surface area contributed by atoms with Crippen LogP contribution in [0.3, 0.4) is 0 Å². The molecule has 0 amide bonds. The van der Waals surface area contributed by atoms with Crippen LogP contribution in [0, 0.1) is 17.3 Å². The van der Waals surface area contributed by atoms with Gasteiger partial charge in [-0.15, -0.1) is 0 Å². The van der Waals surface area contributed by atoms with Gasteiger partial charge in [0, 0.05) is 12.8 Å². The lowest BCUT2D eigenvalue weighted by atomic mass is 9.64.